The van der Waals surface area contributed by atoms with Crippen LogP contribution in [0.25, 0.3) is 0 Å². The van der Waals surface area contributed by atoms with Crippen molar-refractivity contribution in [2.45, 2.75) is 23.2 Å². The Labute approximate surface area is 127 Å². The van der Waals surface area contributed by atoms with E-state index in [1.165, 1.54) is 24.3 Å². The lowest BCUT2D eigenvalue weighted by molar-refractivity contribution is -0.0328. The van der Waals surface area contributed by atoms with E-state index in [9.17, 15) is 22.8 Å². The fourth-order valence-electron chi connectivity index (χ4n) is 2.51. The van der Waals surface area contributed by atoms with Gasteiger partial charge in [0.2, 0.25) is 5.56 Å². The Balaban J connectivity index is 2.07. The van der Waals surface area contributed by atoms with Crippen molar-refractivity contribution >= 4 is 17.5 Å². The number of fused-ring (bicyclic) bond motifs is 2. The molecule has 0 aliphatic heterocycles. The zero-order chi connectivity index (χ0) is 15.9. The van der Waals surface area contributed by atoms with Crippen molar-refractivity contribution in [2.24, 2.45) is 0 Å². The number of aromatic nitrogens is 1. The lowest BCUT2D eigenvalue weighted by Crippen LogP contribution is -2.12. The highest BCUT2D eigenvalue weighted by Crippen LogP contribution is 2.38. The summed E-state index contributed by atoms with van der Waals surface area (Å²) >= 11 is -0.244. The normalized spacial score (nSPS) is 14.2. The molecule has 0 fully saturated rings. The van der Waals surface area contributed by atoms with E-state index >= 15 is 0 Å². The summed E-state index contributed by atoms with van der Waals surface area (Å²) in [7, 11) is 0. The first kappa shape index (κ1) is 14.9. The number of carbonyl (C=O) groups excluding carboxylic acids is 1. The van der Waals surface area contributed by atoms with E-state index < -0.39 is 5.51 Å². The second-order valence-electron chi connectivity index (χ2n) is 4.91. The molecular weight excluding hydrogens is 315 g/mol. The number of pyridine rings is 1. The summed E-state index contributed by atoms with van der Waals surface area (Å²) in [4.78, 5) is 26.5. The molecule has 22 heavy (non-hydrogen) atoms. The van der Waals surface area contributed by atoms with E-state index in [-0.39, 0.29) is 33.6 Å². The molecular formula is C15H10F3NO2S. The molecule has 7 heteroatoms. The number of rotatable bonds is 1. The van der Waals surface area contributed by atoms with E-state index in [0.29, 0.717) is 29.7 Å². The van der Waals surface area contributed by atoms with Crippen LogP contribution in [-0.4, -0.2) is 16.3 Å². The average Bonchev–Trinajstić information content (AvgIpc) is 2.55. The van der Waals surface area contributed by atoms with Gasteiger partial charge in [-0.15, -0.1) is 0 Å². The van der Waals surface area contributed by atoms with E-state index in [1.807, 2.05) is 0 Å². The van der Waals surface area contributed by atoms with Crippen LogP contribution in [0.5, 0.6) is 0 Å². The molecule has 0 radical (unpaired) electrons. The molecule has 1 aliphatic rings. The number of alkyl halides is 3. The summed E-state index contributed by atoms with van der Waals surface area (Å²) < 4.78 is 37.4. The molecule has 1 aromatic carbocycles. The van der Waals surface area contributed by atoms with Gasteiger partial charge in [0.25, 0.3) is 0 Å². The number of carbonyl (C=O) groups is 1. The van der Waals surface area contributed by atoms with Crippen molar-refractivity contribution in [3.8, 4) is 0 Å². The van der Waals surface area contributed by atoms with E-state index in [0.717, 1.165) is 0 Å². The van der Waals surface area contributed by atoms with Crippen LogP contribution in [0, 0.1) is 0 Å². The van der Waals surface area contributed by atoms with Crippen LogP contribution in [0.15, 0.2) is 40.0 Å². The highest BCUT2D eigenvalue weighted by molar-refractivity contribution is 8.00. The monoisotopic (exact) mass is 325 g/mol. The lowest BCUT2D eigenvalue weighted by atomic mass is 10.0. The first-order chi connectivity index (χ1) is 10.3. The molecule has 0 atom stereocenters. The molecule has 1 aromatic heterocycles. The van der Waals surface area contributed by atoms with E-state index in [2.05, 4.69) is 4.98 Å². The number of hydrogen-bond donors (Lipinski definition) is 1. The molecule has 0 amide bonds. The highest BCUT2D eigenvalue weighted by atomic mass is 32.2. The number of hydrogen-bond acceptors (Lipinski definition) is 3. The Morgan fingerprint density at radius 1 is 1.00 bits per heavy atom. The smallest absolute Gasteiger partial charge is 0.325 e. The molecule has 1 aliphatic carbocycles. The van der Waals surface area contributed by atoms with E-state index in [1.54, 1.807) is 6.07 Å². The molecule has 0 saturated heterocycles. The molecule has 0 saturated carbocycles. The van der Waals surface area contributed by atoms with Crippen molar-refractivity contribution in [1.82, 2.24) is 4.98 Å². The molecule has 0 spiro atoms. The second-order valence-corrected chi connectivity index (χ2v) is 6.05. The van der Waals surface area contributed by atoms with E-state index in [4.69, 9.17) is 0 Å². The van der Waals surface area contributed by atoms with Crippen LogP contribution in [0.4, 0.5) is 13.2 Å². The predicted octanol–water partition coefficient (Wildman–Crippen LogP) is 3.32. The first-order valence-electron chi connectivity index (χ1n) is 6.49. The van der Waals surface area contributed by atoms with Crippen molar-refractivity contribution in [3.63, 3.8) is 0 Å². The van der Waals surface area contributed by atoms with Gasteiger partial charge in [-0.05, 0) is 48.4 Å². The number of halogens is 3. The van der Waals surface area contributed by atoms with Gasteiger partial charge in [-0.25, -0.2) is 0 Å². The average molecular weight is 325 g/mol. The SMILES string of the molecule is O=C1c2cc(SC(F)(F)F)ccc2CCc2[nH]c(=O)ccc21. The summed E-state index contributed by atoms with van der Waals surface area (Å²) in [5.41, 5.74) is -2.88. The fourth-order valence-corrected chi connectivity index (χ4v) is 3.09. The Morgan fingerprint density at radius 2 is 1.77 bits per heavy atom. The quantitative estimate of drug-likeness (QED) is 0.818. The van der Waals surface area contributed by atoms with Crippen molar-refractivity contribution in [1.29, 1.82) is 0 Å². The molecule has 114 valence electrons. The number of aromatic amines is 1. The third-order valence-corrected chi connectivity index (χ3v) is 4.17. The molecule has 3 nitrogen and oxygen atoms in total. The number of thioether (sulfide) groups is 1. The molecule has 1 heterocycles. The van der Waals surface area contributed by atoms with Crippen LogP contribution in [-0.2, 0) is 12.8 Å². The maximum Gasteiger partial charge on any atom is 0.446 e. The number of nitrogens with one attached hydrogen (secondary N) is 1. The summed E-state index contributed by atoms with van der Waals surface area (Å²) in [6.07, 6.45) is 0.959. The van der Waals surface area contributed by atoms with Gasteiger partial charge < -0.3 is 4.98 Å². The topological polar surface area (TPSA) is 49.9 Å². The fraction of sp³-hybridized carbons (Fsp3) is 0.200. The Morgan fingerprint density at radius 3 is 2.50 bits per heavy atom. The van der Waals surface area contributed by atoms with Crippen molar-refractivity contribution < 1.29 is 18.0 Å². The zero-order valence-electron chi connectivity index (χ0n) is 11.2. The van der Waals surface area contributed by atoms with Gasteiger partial charge in [-0.3, -0.25) is 9.59 Å². The number of H-pyrrole nitrogens is 1. The maximum absolute atomic E-state index is 12.5. The largest absolute Gasteiger partial charge is 0.446 e. The third-order valence-electron chi connectivity index (χ3n) is 3.45. The Kier molecular flexibility index (Phi) is 3.60. The summed E-state index contributed by atoms with van der Waals surface area (Å²) in [6, 6.07) is 6.86. The summed E-state index contributed by atoms with van der Waals surface area (Å²) in [5.74, 6) is -0.358. The van der Waals surface area contributed by atoms with Crippen LogP contribution >= 0.6 is 11.8 Å². The number of ketones is 1. The molecule has 2 aromatic rings. The van der Waals surface area contributed by atoms with Gasteiger partial charge in [0, 0.05) is 27.8 Å². The third kappa shape index (κ3) is 2.94. The van der Waals surface area contributed by atoms with Gasteiger partial charge in [0.1, 0.15) is 0 Å². The van der Waals surface area contributed by atoms with Gasteiger partial charge >= 0.3 is 5.51 Å². The van der Waals surface area contributed by atoms with Gasteiger partial charge in [0.15, 0.2) is 5.78 Å². The molecule has 0 bridgehead atoms. The lowest BCUT2D eigenvalue weighted by Gasteiger charge is -2.09. The summed E-state index contributed by atoms with van der Waals surface area (Å²) in [5, 5.41) is 0. The van der Waals surface area contributed by atoms with Crippen molar-refractivity contribution in [2.75, 3.05) is 0 Å². The van der Waals surface area contributed by atoms with Crippen LogP contribution in [0.1, 0.15) is 27.2 Å². The minimum atomic E-state index is -4.40. The van der Waals surface area contributed by atoms with Gasteiger partial charge in [-0.2, -0.15) is 13.2 Å². The molecule has 0 unspecified atom stereocenters. The number of benzene rings is 1. The van der Waals surface area contributed by atoms with Gasteiger partial charge in [0.05, 0.1) is 0 Å². The standard InChI is InChI=1S/C15H10F3NO2S/c16-15(17,18)22-9-3-1-8-2-5-12-10(4-6-13(20)19-12)14(21)11(8)7-9/h1,3-4,6-7H,2,5H2,(H,19,20). The second kappa shape index (κ2) is 5.31. The zero-order valence-corrected chi connectivity index (χ0v) is 12.0. The highest BCUT2D eigenvalue weighted by Gasteiger charge is 2.30. The van der Waals surface area contributed by atoms with Crippen LogP contribution in [0.2, 0.25) is 0 Å². The van der Waals surface area contributed by atoms with Crippen LogP contribution < -0.4 is 5.56 Å². The minimum Gasteiger partial charge on any atom is -0.325 e. The molecule has 1 N–H and O–H groups in total. The predicted molar refractivity (Wildman–Crippen MR) is 76.3 cm³/mol. The van der Waals surface area contributed by atoms with Crippen molar-refractivity contribution in [3.05, 3.63) is 63.1 Å². The number of aryl methyl sites for hydroxylation is 2. The molecule has 3 rings (SSSR count). The maximum atomic E-state index is 12.5. The van der Waals surface area contributed by atoms with Gasteiger partial charge in [-0.1, -0.05) is 6.07 Å². The minimum absolute atomic E-state index is 0.0209. The Hall–Kier alpha value is -2.02. The first-order valence-corrected chi connectivity index (χ1v) is 7.31. The van der Waals surface area contributed by atoms with Crippen LogP contribution in [0.3, 0.4) is 0 Å². The summed E-state index contributed by atoms with van der Waals surface area (Å²) in [6.45, 7) is 0. The Bertz CT molecular complexity index is 811.